The van der Waals surface area contributed by atoms with Gasteiger partial charge in [0.05, 0.1) is 10.3 Å². The molecule has 23 heavy (non-hydrogen) atoms. The van der Waals surface area contributed by atoms with Gasteiger partial charge in [-0.25, -0.2) is 0 Å². The van der Waals surface area contributed by atoms with Gasteiger partial charge in [0, 0.05) is 29.8 Å². The van der Waals surface area contributed by atoms with Gasteiger partial charge in [-0.15, -0.1) is 0 Å². The summed E-state index contributed by atoms with van der Waals surface area (Å²) in [5.41, 5.74) is 4.51. The van der Waals surface area contributed by atoms with Crippen LogP contribution in [0.2, 0.25) is 0 Å². The molecule has 0 fully saturated rings. The molecule has 0 bridgehead atoms. The molecule has 3 rings (SSSR count). The SMILES string of the molecule is C[N+]1=C(C=Cc2cccc([N+](=O)[O-])c2)C(C)(C)c2ccccc21. The van der Waals surface area contributed by atoms with Crippen LogP contribution in [-0.2, 0) is 5.41 Å². The van der Waals surface area contributed by atoms with Crippen LogP contribution < -0.4 is 0 Å². The monoisotopic (exact) mass is 307 g/mol. The van der Waals surface area contributed by atoms with Crippen molar-refractivity contribution in [1.29, 1.82) is 0 Å². The van der Waals surface area contributed by atoms with E-state index in [9.17, 15) is 10.1 Å². The molecule has 4 heteroatoms. The van der Waals surface area contributed by atoms with Gasteiger partial charge in [-0.3, -0.25) is 10.1 Å². The summed E-state index contributed by atoms with van der Waals surface area (Å²) in [5, 5.41) is 10.9. The molecule has 2 aromatic rings. The molecule has 0 radical (unpaired) electrons. The fraction of sp³-hybridized carbons (Fsp3) is 0.211. The Morgan fingerprint density at radius 3 is 2.52 bits per heavy atom. The van der Waals surface area contributed by atoms with Crippen molar-refractivity contribution >= 4 is 23.2 Å². The second-order valence-corrected chi connectivity index (χ2v) is 6.27. The van der Waals surface area contributed by atoms with Crippen LogP contribution in [0.25, 0.3) is 6.08 Å². The Balaban J connectivity index is 1.99. The summed E-state index contributed by atoms with van der Waals surface area (Å²) in [4.78, 5) is 10.5. The molecule has 0 spiro atoms. The first-order chi connectivity index (χ1) is 10.9. The van der Waals surface area contributed by atoms with Crippen molar-refractivity contribution in [1.82, 2.24) is 0 Å². The van der Waals surface area contributed by atoms with Crippen molar-refractivity contribution in [2.24, 2.45) is 0 Å². The maximum atomic E-state index is 10.9. The number of non-ortho nitro benzene ring substituents is 1. The number of nitrogens with zero attached hydrogens (tertiary/aromatic N) is 2. The number of hydrogen-bond donors (Lipinski definition) is 0. The summed E-state index contributed by atoms with van der Waals surface area (Å²) in [6.07, 6.45) is 3.99. The van der Waals surface area contributed by atoms with Crippen LogP contribution >= 0.6 is 0 Å². The van der Waals surface area contributed by atoms with Crippen molar-refractivity contribution < 1.29 is 9.50 Å². The Morgan fingerprint density at radius 2 is 1.83 bits per heavy atom. The Morgan fingerprint density at radius 1 is 1.09 bits per heavy atom. The lowest BCUT2D eigenvalue weighted by molar-refractivity contribution is -0.401. The van der Waals surface area contributed by atoms with Crippen molar-refractivity contribution in [2.45, 2.75) is 19.3 Å². The van der Waals surface area contributed by atoms with Gasteiger partial charge < -0.3 is 0 Å². The summed E-state index contributed by atoms with van der Waals surface area (Å²) in [6, 6.07) is 15.0. The molecule has 2 aromatic carbocycles. The number of para-hydroxylation sites is 1. The van der Waals surface area contributed by atoms with E-state index in [0.29, 0.717) is 0 Å². The summed E-state index contributed by atoms with van der Waals surface area (Å²) in [6.45, 7) is 4.39. The average Bonchev–Trinajstić information content (AvgIpc) is 2.73. The minimum atomic E-state index is -0.369. The Labute approximate surface area is 135 Å². The number of hydrogen-bond acceptors (Lipinski definition) is 2. The lowest BCUT2D eigenvalue weighted by Gasteiger charge is -2.15. The highest BCUT2D eigenvalue weighted by molar-refractivity contribution is 6.05. The van der Waals surface area contributed by atoms with E-state index in [4.69, 9.17) is 0 Å². The molecule has 0 aromatic heterocycles. The minimum absolute atomic E-state index is 0.0947. The van der Waals surface area contributed by atoms with Crippen molar-refractivity contribution in [3.8, 4) is 0 Å². The molecule has 0 amide bonds. The normalized spacial score (nSPS) is 16.0. The molecular weight excluding hydrogens is 288 g/mol. The van der Waals surface area contributed by atoms with Gasteiger partial charge in [-0.1, -0.05) is 30.3 Å². The molecule has 1 aliphatic heterocycles. The molecule has 0 saturated heterocycles. The molecule has 0 N–H and O–H groups in total. The summed E-state index contributed by atoms with van der Waals surface area (Å²) >= 11 is 0. The van der Waals surface area contributed by atoms with E-state index < -0.39 is 0 Å². The summed E-state index contributed by atoms with van der Waals surface area (Å²) < 4.78 is 2.18. The van der Waals surface area contributed by atoms with Gasteiger partial charge in [0.1, 0.15) is 7.05 Å². The lowest BCUT2D eigenvalue weighted by atomic mass is 9.81. The molecule has 0 atom stereocenters. The molecular formula is C19H19N2O2+. The first-order valence-corrected chi connectivity index (χ1v) is 7.54. The zero-order valence-corrected chi connectivity index (χ0v) is 13.5. The van der Waals surface area contributed by atoms with Gasteiger partial charge in [0.25, 0.3) is 5.69 Å². The van der Waals surface area contributed by atoms with E-state index in [2.05, 4.69) is 49.7 Å². The van der Waals surface area contributed by atoms with E-state index in [0.717, 1.165) is 5.56 Å². The van der Waals surface area contributed by atoms with E-state index in [1.165, 1.54) is 23.0 Å². The fourth-order valence-electron chi connectivity index (χ4n) is 3.22. The highest BCUT2D eigenvalue weighted by Gasteiger charge is 2.42. The Bertz CT molecular complexity index is 848. The third-order valence-corrected chi connectivity index (χ3v) is 4.46. The van der Waals surface area contributed by atoms with Crippen molar-refractivity contribution in [3.05, 3.63) is 75.8 Å². The standard InChI is InChI=1S/C19H19N2O2/c1-19(2)16-9-4-5-10-17(16)20(3)18(19)12-11-14-7-6-8-15(13-14)21(22)23/h4-13H,1-3H3/q+1. The Kier molecular flexibility index (Phi) is 3.60. The minimum Gasteiger partial charge on any atom is -0.258 e. The number of rotatable bonds is 3. The van der Waals surface area contributed by atoms with E-state index in [1.807, 2.05) is 18.2 Å². The topological polar surface area (TPSA) is 46.1 Å². The zero-order valence-electron chi connectivity index (χ0n) is 13.5. The third-order valence-electron chi connectivity index (χ3n) is 4.46. The van der Waals surface area contributed by atoms with Gasteiger partial charge in [-0.05, 0) is 25.5 Å². The maximum absolute atomic E-state index is 10.9. The van der Waals surface area contributed by atoms with Gasteiger partial charge >= 0.3 is 0 Å². The highest BCUT2D eigenvalue weighted by atomic mass is 16.6. The van der Waals surface area contributed by atoms with Gasteiger partial charge in [0.2, 0.25) is 5.69 Å². The molecule has 0 aliphatic carbocycles. The zero-order chi connectivity index (χ0) is 16.6. The molecule has 116 valence electrons. The fourth-order valence-corrected chi connectivity index (χ4v) is 3.22. The van der Waals surface area contributed by atoms with Crippen molar-refractivity contribution in [3.63, 3.8) is 0 Å². The molecule has 0 saturated carbocycles. The van der Waals surface area contributed by atoms with Crippen LogP contribution in [0, 0.1) is 10.1 Å². The summed E-state index contributed by atoms with van der Waals surface area (Å²) in [7, 11) is 2.06. The third kappa shape index (κ3) is 2.57. The maximum Gasteiger partial charge on any atom is 0.270 e. The molecule has 1 heterocycles. The van der Waals surface area contributed by atoms with Crippen LogP contribution in [0.4, 0.5) is 11.4 Å². The second-order valence-electron chi connectivity index (χ2n) is 6.27. The number of allylic oxidation sites excluding steroid dienone is 1. The molecule has 0 unspecified atom stereocenters. The van der Waals surface area contributed by atoms with E-state index in [1.54, 1.807) is 12.1 Å². The smallest absolute Gasteiger partial charge is 0.258 e. The van der Waals surface area contributed by atoms with E-state index >= 15 is 0 Å². The van der Waals surface area contributed by atoms with Crippen molar-refractivity contribution in [2.75, 3.05) is 7.05 Å². The largest absolute Gasteiger partial charge is 0.270 e. The number of benzene rings is 2. The number of nitro benzene ring substituents is 1. The first-order valence-electron chi connectivity index (χ1n) is 7.54. The predicted molar refractivity (Wildman–Crippen MR) is 92.4 cm³/mol. The lowest BCUT2D eigenvalue weighted by Crippen LogP contribution is -2.26. The van der Waals surface area contributed by atoms with Crippen LogP contribution in [0.15, 0.2) is 54.6 Å². The number of nitro groups is 1. The summed E-state index contributed by atoms with van der Waals surface area (Å²) in [5.74, 6) is 0. The predicted octanol–water partition coefficient (Wildman–Crippen LogP) is 4.31. The molecule has 1 aliphatic rings. The van der Waals surface area contributed by atoms with Gasteiger partial charge in [-0.2, -0.15) is 4.58 Å². The molecule has 4 nitrogen and oxygen atoms in total. The Hall–Kier alpha value is -2.75. The van der Waals surface area contributed by atoms with Crippen LogP contribution in [0.3, 0.4) is 0 Å². The average molecular weight is 307 g/mol. The second kappa shape index (κ2) is 5.47. The number of fused-ring (bicyclic) bond motifs is 1. The van der Waals surface area contributed by atoms with Gasteiger partial charge in [0.15, 0.2) is 5.71 Å². The van der Waals surface area contributed by atoms with Crippen LogP contribution in [0.5, 0.6) is 0 Å². The highest BCUT2D eigenvalue weighted by Crippen LogP contribution is 2.39. The van der Waals surface area contributed by atoms with E-state index in [-0.39, 0.29) is 16.0 Å². The first kappa shape index (κ1) is 15.2. The quantitative estimate of drug-likeness (QED) is 0.482. The van der Waals surface area contributed by atoms with Crippen LogP contribution in [0.1, 0.15) is 25.0 Å². The van der Waals surface area contributed by atoms with Crippen LogP contribution in [-0.4, -0.2) is 22.3 Å².